The van der Waals surface area contributed by atoms with Crippen LogP contribution in [0, 0.1) is 0 Å². The van der Waals surface area contributed by atoms with Gasteiger partial charge in [-0.15, -0.1) is 17.9 Å². The van der Waals surface area contributed by atoms with Gasteiger partial charge in [-0.05, 0) is 36.1 Å². The average molecular weight is 476 g/mol. The third kappa shape index (κ3) is 4.97. The summed E-state index contributed by atoms with van der Waals surface area (Å²) in [7, 11) is 0. The highest BCUT2D eigenvalue weighted by atomic mass is 32.2. The van der Waals surface area contributed by atoms with Gasteiger partial charge in [0.25, 0.3) is 5.56 Å². The molecule has 1 atom stereocenters. The van der Waals surface area contributed by atoms with E-state index in [0.717, 1.165) is 5.56 Å². The SMILES string of the molecule is C=CCn1c(SC(C(=O)Nc2cccc(C(C)=O)c2)c2ccccc2)nc2ccsc2c1=O. The summed E-state index contributed by atoms with van der Waals surface area (Å²) in [5, 5.41) is 4.50. The molecular weight excluding hydrogens is 454 g/mol. The van der Waals surface area contributed by atoms with Crippen molar-refractivity contribution in [1.29, 1.82) is 0 Å². The highest BCUT2D eigenvalue weighted by Crippen LogP contribution is 2.36. The molecule has 166 valence electrons. The first-order valence-electron chi connectivity index (χ1n) is 10.2. The number of anilines is 1. The molecule has 0 bridgehead atoms. The fraction of sp³-hybridized carbons (Fsp3) is 0.120. The van der Waals surface area contributed by atoms with Crippen LogP contribution in [0.3, 0.4) is 0 Å². The van der Waals surface area contributed by atoms with Crippen LogP contribution in [0.15, 0.2) is 88.6 Å². The number of thiophene rings is 1. The van der Waals surface area contributed by atoms with E-state index in [4.69, 9.17) is 0 Å². The summed E-state index contributed by atoms with van der Waals surface area (Å²) in [5.74, 6) is -0.362. The zero-order valence-corrected chi connectivity index (χ0v) is 19.5. The second-order valence-corrected chi connectivity index (χ2v) is 9.26. The second-order valence-electron chi connectivity index (χ2n) is 7.27. The first kappa shape index (κ1) is 22.7. The van der Waals surface area contributed by atoms with Gasteiger partial charge in [0.1, 0.15) is 9.95 Å². The number of benzene rings is 2. The Morgan fingerprint density at radius 3 is 2.70 bits per heavy atom. The normalized spacial score (nSPS) is 11.8. The number of rotatable bonds is 8. The highest BCUT2D eigenvalue weighted by Gasteiger charge is 2.25. The van der Waals surface area contributed by atoms with Gasteiger partial charge in [0.15, 0.2) is 10.9 Å². The molecule has 2 heterocycles. The largest absolute Gasteiger partial charge is 0.325 e. The number of Topliss-reactive ketones (excluding diaryl/α,β-unsaturated/α-hetero) is 1. The van der Waals surface area contributed by atoms with Crippen LogP contribution in [-0.4, -0.2) is 21.2 Å². The maximum absolute atomic E-state index is 13.4. The van der Waals surface area contributed by atoms with Crippen molar-refractivity contribution in [2.45, 2.75) is 23.9 Å². The van der Waals surface area contributed by atoms with Gasteiger partial charge < -0.3 is 5.32 Å². The zero-order valence-electron chi connectivity index (χ0n) is 17.9. The summed E-state index contributed by atoms with van der Waals surface area (Å²) >= 11 is 2.55. The third-order valence-electron chi connectivity index (χ3n) is 4.94. The maximum Gasteiger partial charge on any atom is 0.272 e. The van der Waals surface area contributed by atoms with Crippen LogP contribution in [0.5, 0.6) is 0 Å². The molecule has 0 radical (unpaired) electrons. The molecule has 0 spiro atoms. The quantitative estimate of drug-likeness (QED) is 0.161. The second kappa shape index (κ2) is 9.97. The van der Waals surface area contributed by atoms with E-state index in [1.54, 1.807) is 36.4 Å². The average Bonchev–Trinajstić information content (AvgIpc) is 3.29. The molecule has 1 N–H and O–H groups in total. The molecule has 2 aromatic heterocycles. The summed E-state index contributed by atoms with van der Waals surface area (Å²) in [5.41, 5.74) is 2.26. The van der Waals surface area contributed by atoms with Crippen molar-refractivity contribution in [1.82, 2.24) is 9.55 Å². The molecule has 0 aliphatic carbocycles. The van der Waals surface area contributed by atoms with Gasteiger partial charge in [0, 0.05) is 17.8 Å². The molecule has 4 rings (SSSR count). The van der Waals surface area contributed by atoms with Crippen LogP contribution in [-0.2, 0) is 11.3 Å². The van der Waals surface area contributed by atoms with E-state index in [2.05, 4.69) is 16.9 Å². The number of nitrogens with zero attached hydrogens (tertiary/aromatic N) is 2. The van der Waals surface area contributed by atoms with E-state index in [1.165, 1.54) is 34.6 Å². The maximum atomic E-state index is 13.4. The molecule has 33 heavy (non-hydrogen) atoms. The Balaban J connectivity index is 1.73. The minimum absolute atomic E-state index is 0.0817. The number of hydrogen-bond acceptors (Lipinski definition) is 6. The Kier molecular flexibility index (Phi) is 6.86. The number of amides is 1. The molecule has 2 aromatic carbocycles. The van der Waals surface area contributed by atoms with E-state index in [9.17, 15) is 14.4 Å². The van der Waals surface area contributed by atoms with Crippen molar-refractivity contribution in [3.63, 3.8) is 0 Å². The Labute approximate surface area is 199 Å². The molecular formula is C25H21N3O3S2. The lowest BCUT2D eigenvalue weighted by molar-refractivity contribution is -0.115. The zero-order chi connectivity index (χ0) is 23.4. The van der Waals surface area contributed by atoms with Crippen LogP contribution in [0.25, 0.3) is 10.2 Å². The summed E-state index contributed by atoms with van der Waals surface area (Å²) in [6.45, 7) is 5.52. The number of allylic oxidation sites excluding steroid dienone is 1. The molecule has 0 saturated heterocycles. The first-order valence-corrected chi connectivity index (χ1v) is 12.0. The topological polar surface area (TPSA) is 81.1 Å². The molecule has 8 heteroatoms. The van der Waals surface area contributed by atoms with Crippen LogP contribution < -0.4 is 10.9 Å². The third-order valence-corrected chi connectivity index (χ3v) is 7.08. The van der Waals surface area contributed by atoms with Crippen LogP contribution in [0.2, 0.25) is 0 Å². The fourth-order valence-electron chi connectivity index (χ4n) is 3.33. The summed E-state index contributed by atoms with van der Waals surface area (Å²) < 4.78 is 2.11. The standard InChI is InChI=1S/C25H21N3O3S2/c1-3-13-28-24(31)22-20(12-14-32-22)27-25(28)33-21(17-8-5-4-6-9-17)23(30)26-19-11-7-10-18(15-19)16(2)29/h3-12,14-15,21H,1,13H2,2H3,(H,26,30). The van der Waals surface area contributed by atoms with Crippen LogP contribution in [0.4, 0.5) is 5.69 Å². The number of thioether (sulfide) groups is 1. The van der Waals surface area contributed by atoms with E-state index < -0.39 is 5.25 Å². The van der Waals surface area contributed by atoms with Gasteiger partial charge in [-0.1, -0.05) is 60.3 Å². The molecule has 4 aromatic rings. The smallest absolute Gasteiger partial charge is 0.272 e. The highest BCUT2D eigenvalue weighted by molar-refractivity contribution is 8.00. The Hall–Kier alpha value is -3.49. The summed E-state index contributed by atoms with van der Waals surface area (Å²) in [4.78, 5) is 42.8. The van der Waals surface area contributed by atoms with Gasteiger partial charge in [0.2, 0.25) is 5.91 Å². The van der Waals surface area contributed by atoms with E-state index >= 15 is 0 Å². The minimum atomic E-state index is -0.675. The molecule has 0 saturated carbocycles. The van der Waals surface area contributed by atoms with Crippen molar-refractivity contribution in [3.05, 3.63) is 100 Å². The van der Waals surface area contributed by atoms with Gasteiger partial charge in [0.05, 0.1) is 5.52 Å². The first-order chi connectivity index (χ1) is 16.0. The molecule has 0 fully saturated rings. The monoisotopic (exact) mass is 475 g/mol. The number of carbonyl (C=O) groups excluding carboxylic acids is 2. The van der Waals surface area contributed by atoms with Gasteiger partial charge in [-0.3, -0.25) is 19.0 Å². The van der Waals surface area contributed by atoms with Gasteiger partial charge >= 0.3 is 0 Å². The summed E-state index contributed by atoms with van der Waals surface area (Å²) in [6.07, 6.45) is 1.64. The molecule has 6 nitrogen and oxygen atoms in total. The fourth-order valence-corrected chi connectivity index (χ4v) is 5.22. The lowest BCUT2D eigenvalue weighted by Crippen LogP contribution is -2.24. The van der Waals surface area contributed by atoms with Gasteiger partial charge in [-0.25, -0.2) is 4.98 Å². The lowest BCUT2D eigenvalue weighted by atomic mass is 10.1. The number of nitrogens with one attached hydrogen (secondary N) is 1. The van der Waals surface area contributed by atoms with E-state index in [-0.39, 0.29) is 23.8 Å². The molecule has 1 amide bonds. The Bertz CT molecular complexity index is 1390. The number of carbonyl (C=O) groups is 2. The van der Waals surface area contributed by atoms with Crippen LogP contribution in [0.1, 0.15) is 28.1 Å². The van der Waals surface area contributed by atoms with Crippen LogP contribution >= 0.6 is 23.1 Å². The van der Waals surface area contributed by atoms with Crippen molar-refractivity contribution in [2.24, 2.45) is 0 Å². The van der Waals surface area contributed by atoms with Gasteiger partial charge in [-0.2, -0.15) is 0 Å². The minimum Gasteiger partial charge on any atom is -0.325 e. The predicted octanol–water partition coefficient (Wildman–Crippen LogP) is 5.32. The number of hydrogen-bond donors (Lipinski definition) is 1. The van der Waals surface area contributed by atoms with Crippen molar-refractivity contribution < 1.29 is 9.59 Å². The molecule has 1 unspecified atom stereocenters. The van der Waals surface area contributed by atoms with E-state index in [1.807, 2.05) is 35.7 Å². The number of fused-ring (bicyclic) bond motifs is 1. The van der Waals surface area contributed by atoms with Crippen molar-refractivity contribution >= 4 is 50.7 Å². The lowest BCUT2D eigenvalue weighted by Gasteiger charge is -2.19. The predicted molar refractivity (Wildman–Crippen MR) is 134 cm³/mol. The summed E-state index contributed by atoms with van der Waals surface area (Å²) in [6, 6.07) is 17.9. The Morgan fingerprint density at radius 1 is 1.18 bits per heavy atom. The van der Waals surface area contributed by atoms with Crippen molar-refractivity contribution in [2.75, 3.05) is 5.32 Å². The molecule has 0 aliphatic heterocycles. The Morgan fingerprint density at radius 2 is 1.97 bits per heavy atom. The number of aromatic nitrogens is 2. The molecule has 0 aliphatic rings. The van der Waals surface area contributed by atoms with Crippen molar-refractivity contribution in [3.8, 4) is 0 Å². The van der Waals surface area contributed by atoms with E-state index in [0.29, 0.717) is 26.6 Å². The number of ketones is 1.